The highest BCUT2D eigenvalue weighted by Crippen LogP contribution is 2.26. The molecule has 1 aromatic heterocycles. The Kier molecular flexibility index (Phi) is 6.09. The van der Waals surface area contributed by atoms with Gasteiger partial charge in [0.25, 0.3) is 0 Å². The van der Waals surface area contributed by atoms with E-state index in [1.807, 2.05) is 11.7 Å². The molecule has 0 saturated carbocycles. The highest BCUT2D eigenvalue weighted by molar-refractivity contribution is 7.09. The Bertz CT molecular complexity index is 298. The lowest BCUT2D eigenvalue weighted by atomic mass is 9.98. The predicted molar refractivity (Wildman–Crippen MR) is 73.5 cm³/mol. The van der Waals surface area contributed by atoms with Gasteiger partial charge in [-0.1, -0.05) is 6.92 Å². The minimum atomic E-state index is -0.0448. The van der Waals surface area contributed by atoms with Gasteiger partial charge in [0.2, 0.25) is 0 Å². The van der Waals surface area contributed by atoms with Crippen molar-refractivity contribution in [3.05, 3.63) is 16.6 Å². The first-order chi connectivity index (χ1) is 8.09. The van der Waals surface area contributed by atoms with Crippen molar-refractivity contribution in [3.8, 4) is 0 Å². The fourth-order valence-electron chi connectivity index (χ4n) is 1.66. The molecule has 0 saturated heterocycles. The zero-order chi connectivity index (χ0) is 12.7. The summed E-state index contributed by atoms with van der Waals surface area (Å²) in [6.45, 7) is 7.51. The van der Waals surface area contributed by atoms with Crippen molar-refractivity contribution in [2.45, 2.75) is 51.7 Å². The molecule has 0 amide bonds. The van der Waals surface area contributed by atoms with Gasteiger partial charge in [0, 0.05) is 24.2 Å². The van der Waals surface area contributed by atoms with Crippen LogP contribution in [0.5, 0.6) is 0 Å². The number of nitrogens with zero attached hydrogens (tertiary/aromatic N) is 1. The fourth-order valence-corrected chi connectivity index (χ4v) is 2.39. The van der Waals surface area contributed by atoms with E-state index in [1.165, 1.54) is 4.88 Å². The molecule has 1 N–H and O–H groups in total. The number of hydrogen-bond donors (Lipinski definition) is 1. The van der Waals surface area contributed by atoms with Crippen molar-refractivity contribution < 1.29 is 4.74 Å². The third-order valence-corrected chi connectivity index (χ3v) is 3.91. The standard InChI is InChI=1S/C13H24N2OS/c1-5-8-15-11(12-9-14-10-17-12)6-7-13(2,3)16-4/h9-11,15H,5-8H2,1-4H3. The van der Waals surface area contributed by atoms with Gasteiger partial charge in [-0.2, -0.15) is 0 Å². The highest BCUT2D eigenvalue weighted by atomic mass is 32.1. The molecule has 0 radical (unpaired) electrons. The van der Waals surface area contributed by atoms with E-state index in [1.54, 1.807) is 18.4 Å². The smallest absolute Gasteiger partial charge is 0.0794 e. The first kappa shape index (κ1) is 14.6. The first-order valence-electron chi connectivity index (χ1n) is 6.26. The second-order valence-electron chi connectivity index (χ2n) is 4.91. The molecule has 1 heterocycles. The van der Waals surface area contributed by atoms with Crippen LogP contribution in [0, 0.1) is 0 Å². The molecule has 0 aliphatic carbocycles. The van der Waals surface area contributed by atoms with Crippen LogP contribution in [-0.4, -0.2) is 24.2 Å². The van der Waals surface area contributed by atoms with Crippen LogP contribution in [0.1, 0.15) is 51.0 Å². The molecular formula is C13H24N2OS. The molecule has 0 aliphatic heterocycles. The van der Waals surface area contributed by atoms with Crippen molar-refractivity contribution in [1.29, 1.82) is 0 Å². The maximum absolute atomic E-state index is 5.47. The van der Waals surface area contributed by atoms with Crippen molar-refractivity contribution in [2.75, 3.05) is 13.7 Å². The monoisotopic (exact) mass is 256 g/mol. The number of aromatic nitrogens is 1. The van der Waals surface area contributed by atoms with E-state index >= 15 is 0 Å². The lowest BCUT2D eigenvalue weighted by molar-refractivity contribution is 0.0117. The Balaban J connectivity index is 2.53. The minimum Gasteiger partial charge on any atom is -0.379 e. The fraction of sp³-hybridized carbons (Fsp3) is 0.769. The Morgan fingerprint density at radius 3 is 2.82 bits per heavy atom. The maximum atomic E-state index is 5.47. The number of nitrogens with one attached hydrogen (secondary N) is 1. The van der Waals surface area contributed by atoms with E-state index < -0.39 is 0 Å². The van der Waals surface area contributed by atoms with Crippen LogP contribution in [0.4, 0.5) is 0 Å². The normalized spacial score (nSPS) is 13.9. The number of thiazole rings is 1. The zero-order valence-electron chi connectivity index (χ0n) is 11.3. The second-order valence-corrected chi connectivity index (χ2v) is 5.83. The Morgan fingerprint density at radius 1 is 1.53 bits per heavy atom. The SMILES string of the molecule is CCCNC(CCC(C)(C)OC)c1cncs1. The number of ether oxygens (including phenoxy) is 1. The zero-order valence-corrected chi connectivity index (χ0v) is 12.1. The summed E-state index contributed by atoms with van der Waals surface area (Å²) < 4.78 is 5.47. The summed E-state index contributed by atoms with van der Waals surface area (Å²) in [4.78, 5) is 5.49. The van der Waals surface area contributed by atoms with Crippen LogP contribution in [0.3, 0.4) is 0 Å². The van der Waals surface area contributed by atoms with Gasteiger partial charge in [0.15, 0.2) is 0 Å². The predicted octanol–water partition coefficient (Wildman–Crippen LogP) is 3.39. The molecule has 1 atom stereocenters. The Morgan fingerprint density at radius 2 is 2.29 bits per heavy atom. The van der Waals surface area contributed by atoms with Crippen molar-refractivity contribution in [3.63, 3.8) is 0 Å². The molecule has 98 valence electrons. The van der Waals surface area contributed by atoms with Gasteiger partial charge in [-0.05, 0) is 39.7 Å². The summed E-state index contributed by atoms with van der Waals surface area (Å²) in [5.41, 5.74) is 1.86. The molecule has 4 heteroatoms. The Labute approximate surface area is 109 Å². The molecule has 17 heavy (non-hydrogen) atoms. The second kappa shape index (κ2) is 7.09. The maximum Gasteiger partial charge on any atom is 0.0794 e. The molecule has 0 bridgehead atoms. The highest BCUT2D eigenvalue weighted by Gasteiger charge is 2.20. The molecule has 1 aromatic rings. The van der Waals surface area contributed by atoms with Crippen molar-refractivity contribution in [2.24, 2.45) is 0 Å². The molecular weight excluding hydrogens is 232 g/mol. The van der Waals surface area contributed by atoms with Gasteiger partial charge in [0.1, 0.15) is 0 Å². The average Bonchev–Trinajstić information content (AvgIpc) is 2.83. The van der Waals surface area contributed by atoms with Gasteiger partial charge in [-0.3, -0.25) is 4.98 Å². The number of rotatable bonds is 8. The van der Waals surface area contributed by atoms with E-state index in [0.29, 0.717) is 6.04 Å². The molecule has 0 aromatic carbocycles. The van der Waals surface area contributed by atoms with E-state index in [-0.39, 0.29) is 5.60 Å². The number of hydrogen-bond acceptors (Lipinski definition) is 4. The largest absolute Gasteiger partial charge is 0.379 e. The molecule has 1 unspecified atom stereocenters. The van der Waals surface area contributed by atoms with Gasteiger partial charge >= 0.3 is 0 Å². The summed E-state index contributed by atoms with van der Waals surface area (Å²) in [6, 6.07) is 0.414. The van der Waals surface area contributed by atoms with E-state index in [2.05, 4.69) is 31.1 Å². The van der Waals surface area contributed by atoms with Gasteiger partial charge < -0.3 is 10.1 Å². The van der Waals surface area contributed by atoms with Crippen LogP contribution in [0.15, 0.2) is 11.7 Å². The lowest BCUT2D eigenvalue weighted by Gasteiger charge is -2.26. The summed E-state index contributed by atoms with van der Waals surface area (Å²) >= 11 is 1.73. The van der Waals surface area contributed by atoms with E-state index in [4.69, 9.17) is 4.74 Å². The Hall–Kier alpha value is -0.450. The minimum absolute atomic E-state index is 0.0448. The van der Waals surface area contributed by atoms with Crippen LogP contribution in [0.25, 0.3) is 0 Å². The van der Waals surface area contributed by atoms with Crippen LogP contribution < -0.4 is 5.32 Å². The van der Waals surface area contributed by atoms with Gasteiger partial charge in [-0.25, -0.2) is 0 Å². The third kappa shape index (κ3) is 5.15. The van der Waals surface area contributed by atoms with Crippen molar-refractivity contribution in [1.82, 2.24) is 10.3 Å². The van der Waals surface area contributed by atoms with Crippen LogP contribution in [-0.2, 0) is 4.74 Å². The third-order valence-electron chi connectivity index (χ3n) is 3.02. The van der Waals surface area contributed by atoms with Crippen molar-refractivity contribution >= 4 is 11.3 Å². The molecule has 0 fully saturated rings. The lowest BCUT2D eigenvalue weighted by Crippen LogP contribution is -2.27. The van der Waals surface area contributed by atoms with Gasteiger partial charge in [0.05, 0.1) is 11.1 Å². The summed E-state index contributed by atoms with van der Waals surface area (Å²) in [5, 5.41) is 3.58. The quantitative estimate of drug-likeness (QED) is 0.774. The molecule has 1 rings (SSSR count). The average molecular weight is 256 g/mol. The topological polar surface area (TPSA) is 34.1 Å². The van der Waals surface area contributed by atoms with Crippen LogP contribution in [0.2, 0.25) is 0 Å². The summed E-state index contributed by atoms with van der Waals surface area (Å²) in [6.07, 6.45) is 5.26. The van der Waals surface area contributed by atoms with Crippen LogP contribution >= 0.6 is 11.3 Å². The summed E-state index contributed by atoms with van der Waals surface area (Å²) in [7, 11) is 1.78. The van der Waals surface area contributed by atoms with E-state index in [0.717, 1.165) is 25.8 Å². The number of methoxy groups -OCH3 is 1. The van der Waals surface area contributed by atoms with Gasteiger partial charge in [-0.15, -0.1) is 11.3 Å². The molecule has 0 aliphatic rings. The summed E-state index contributed by atoms with van der Waals surface area (Å²) in [5.74, 6) is 0. The van der Waals surface area contributed by atoms with E-state index in [9.17, 15) is 0 Å². The molecule has 3 nitrogen and oxygen atoms in total. The first-order valence-corrected chi connectivity index (χ1v) is 7.14. The molecule has 0 spiro atoms.